The molecule has 1 heterocycles. The Labute approximate surface area is 122 Å². The van der Waals surface area contributed by atoms with Crippen LogP contribution in [0.15, 0.2) is 10.3 Å². The number of thiophene rings is 1. The molecule has 0 radical (unpaired) electrons. The SMILES string of the molecule is CCCC(C)(O)CNS(=O)(=O)c1cc(C)c(C(=O)O)s1. The molecule has 0 saturated heterocycles. The van der Waals surface area contributed by atoms with E-state index in [0.29, 0.717) is 23.3 Å². The molecule has 1 atom stereocenters. The largest absolute Gasteiger partial charge is 0.477 e. The Kier molecular flexibility index (Phi) is 5.31. The monoisotopic (exact) mass is 321 g/mol. The van der Waals surface area contributed by atoms with E-state index in [0.717, 1.165) is 6.42 Å². The van der Waals surface area contributed by atoms with Crippen molar-refractivity contribution in [2.24, 2.45) is 0 Å². The summed E-state index contributed by atoms with van der Waals surface area (Å²) in [6.07, 6.45) is 1.20. The lowest BCUT2D eigenvalue weighted by Crippen LogP contribution is -2.40. The molecule has 0 saturated carbocycles. The van der Waals surface area contributed by atoms with Crippen molar-refractivity contribution in [2.45, 2.75) is 43.4 Å². The Balaban J connectivity index is 2.90. The molecule has 0 bridgehead atoms. The molecule has 0 aliphatic rings. The van der Waals surface area contributed by atoms with Crippen molar-refractivity contribution in [3.63, 3.8) is 0 Å². The van der Waals surface area contributed by atoms with Gasteiger partial charge in [0.25, 0.3) is 0 Å². The first-order chi connectivity index (χ1) is 9.09. The second-order valence-electron chi connectivity index (χ2n) is 4.95. The van der Waals surface area contributed by atoms with E-state index >= 15 is 0 Å². The van der Waals surface area contributed by atoms with Crippen molar-refractivity contribution in [1.29, 1.82) is 0 Å². The van der Waals surface area contributed by atoms with Gasteiger partial charge < -0.3 is 10.2 Å². The van der Waals surface area contributed by atoms with Gasteiger partial charge in [0.1, 0.15) is 9.09 Å². The van der Waals surface area contributed by atoms with Crippen LogP contribution in [0.3, 0.4) is 0 Å². The first-order valence-corrected chi connectivity index (χ1v) is 8.45. The molecule has 20 heavy (non-hydrogen) atoms. The maximum atomic E-state index is 12.1. The molecule has 1 unspecified atom stereocenters. The molecule has 8 heteroatoms. The highest BCUT2D eigenvalue weighted by Crippen LogP contribution is 2.26. The van der Waals surface area contributed by atoms with Crippen LogP contribution in [0, 0.1) is 6.92 Å². The van der Waals surface area contributed by atoms with E-state index < -0.39 is 21.6 Å². The Hall–Kier alpha value is -0.960. The third-order valence-corrected chi connectivity index (χ3v) is 5.89. The van der Waals surface area contributed by atoms with Crippen molar-refractivity contribution in [1.82, 2.24) is 4.72 Å². The molecular weight excluding hydrogens is 302 g/mol. The number of hydrogen-bond acceptors (Lipinski definition) is 5. The summed E-state index contributed by atoms with van der Waals surface area (Å²) in [4.78, 5) is 10.9. The highest BCUT2D eigenvalue weighted by Gasteiger charge is 2.26. The van der Waals surface area contributed by atoms with Crippen LogP contribution in [0.1, 0.15) is 41.9 Å². The zero-order chi connectivity index (χ0) is 15.6. The van der Waals surface area contributed by atoms with Crippen LogP contribution in [0.25, 0.3) is 0 Å². The molecular formula is C12H19NO5S2. The topological polar surface area (TPSA) is 104 Å². The van der Waals surface area contributed by atoms with E-state index in [4.69, 9.17) is 5.11 Å². The lowest BCUT2D eigenvalue weighted by atomic mass is 10.0. The number of carboxylic acid groups (broad SMARTS) is 1. The van der Waals surface area contributed by atoms with Gasteiger partial charge >= 0.3 is 5.97 Å². The number of aryl methyl sites for hydroxylation is 1. The van der Waals surface area contributed by atoms with Crippen molar-refractivity contribution in [3.8, 4) is 0 Å². The van der Waals surface area contributed by atoms with Crippen LogP contribution < -0.4 is 4.72 Å². The standard InChI is InChI=1S/C12H19NO5S2/c1-4-5-12(3,16)7-13-20(17,18)9-6-8(2)10(19-9)11(14)15/h6,13,16H,4-5,7H2,1-3H3,(H,14,15). The molecule has 3 N–H and O–H groups in total. The summed E-state index contributed by atoms with van der Waals surface area (Å²) in [5, 5.41) is 18.9. The number of aromatic carboxylic acids is 1. The number of carboxylic acids is 1. The molecule has 114 valence electrons. The minimum Gasteiger partial charge on any atom is -0.477 e. The first-order valence-electron chi connectivity index (χ1n) is 6.15. The fourth-order valence-electron chi connectivity index (χ4n) is 1.75. The van der Waals surface area contributed by atoms with Crippen molar-refractivity contribution >= 4 is 27.3 Å². The molecule has 0 aliphatic heterocycles. The Morgan fingerprint density at radius 3 is 2.55 bits per heavy atom. The van der Waals surface area contributed by atoms with Crippen LogP contribution in [0.5, 0.6) is 0 Å². The molecule has 1 aromatic rings. The maximum Gasteiger partial charge on any atom is 0.346 e. The van der Waals surface area contributed by atoms with Crippen molar-refractivity contribution in [2.75, 3.05) is 6.54 Å². The number of nitrogens with one attached hydrogen (secondary N) is 1. The van der Waals surface area contributed by atoms with Crippen LogP contribution in [0.4, 0.5) is 0 Å². The summed E-state index contributed by atoms with van der Waals surface area (Å²) in [6.45, 7) is 4.89. The predicted molar refractivity (Wildman–Crippen MR) is 76.7 cm³/mol. The summed E-state index contributed by atoms with van der Waals surface area (Å²) in [5.74, 6) is -1.15. The van der Waals surface area contributed by atoms with Gasteiger partial charge in [-0.05, 0) is 31.9 Å². The summed E-state index contributed by atoms with van der Waals surface area (Å²) in [7, 11) is -3.80. The van der Waals surface area contributed by atoms with Gasteiger partial charge in [-0.2, -0.15) is 0 Å². The van der Waals surface area contributed by atoms with Gasteiger partial charge in [0.15, 0.2) is 0 Å². The number of rotatable bonds is 7. The highest BCUT2D eigenvalue weighted by atomic mass is 32.2. The van der Waals surface area contributed by atoms with Gasteiger partial charge in [-0.3, -0.25) is 0 Å². The average molecular weight is 321 g/mol. The van der Waals surface area contributed by atoms with Gasteiger partial charge in [-0.1, -0.05) is 13.3 Å². The smallest absolute Gasteiger partial charge is 0.346 e. The van der Waals surface area contributed by atoms with Gasteiger partial charge in [-0.15, -0.1) is 11.3 Å². The second kappa shape index (κ2) is 6.21. The van der Waals surface area contributed by atoms with Crippen LogP contribution in [-0.2, 0) is 10.0 Å². The lowest BCUT2D eigenvalue weighted by Gasteiger charge is -2.22. The number of hydrogen-bond donors (Lipinski definition) is 3. The van der Waals surface area contributed by atoms with E-state index in [2.05, 4.69) is 4.72 Å². The van der Waals surface area contributed by atoms with E-state index in [1.807, 2.05) is 6.92 Å². The zero-order valence-electron chi connectivity index (χ0n) is 11.6. The van der Waals surface area contributed by atoms with Gasteiger partial charge in [-0.25, -0.2) is 17.9 Å². The molecule has 6 nitrogen and oxygen atoms in total. The summed E-state index contributed by atoms with van der Waals surface area (Å²) < 4.78 is 26.4. The molecule has 0 fully saturated rings. The Morgan fingerprint density at radius 1 is 1.50 bits per heavy atom. The molecule has 0 aliphatic carbocycles. The molecule has 1 aromatic heterocycles. The van der Waals surface area contributed by atoms with Crippen molar-refractivity contribution < 1.29 is 23.4 Å². The fraction of sp³-hybridized carbons (Fsp3) is 0.583. The quantitative estimate of drug-likeness (QED) is 0.707. The first kappa shape index (κ1) is 17.1. The average Bonchev–Trinajstić information content (AvgIpc) is 2.70. The van der Waals surface area contributed by atoms with Gasteiger partial charge in [0.05, 0.1) is 5.60 Å². The summed E-state index contributed by atoms with van der Waals surface area (Å²) in [5.41, 5.74) is -0.716. The zero-order valence-corrected chi connectivity index (χ0v) is 13.3. The highest BCUT2D eigenvalue weighted by molar-refractivity contribution is 7.91. The van der Waals surface area contributed by atoms with E-state index in [1.54, 1.807) is 13.8 Å². The minimum atomic E-state index is -3.80. The maximum absolute atomic E-state index is 12.1. The number of sulfonamides is 1. The van der Waals surface area contributed by atoms with E-state index in [9.17, 15) is 18.3 Å². The minimum absolute atomic E-state index is 0.00527. The van der Waals surface area contributed by atoms with Crippen LogP contribution >= 0.6 is 11.3 Å². The Bertz CT molecular complexity index is 589. The van der Waals surface area contributed by atoms with Crippen molar-refractivity contribution in [3.05, 3.63) is 16.5 Å². The molecule has 0 amide bonds. The third kappa shape index (κ3) is 4.27. The molecule has 0 aromatic carbocycles. The summed E-state index contributed by atoms with van der Waals surface area (Å²) in [6, 6.07) is 1.32. The summed E-state index contributed by atoms with van der Waals surface area (Å²) >= 11 is 0.707. The lowest BCUT2D eigenvalue weighted by molar-refractivity contribution is 0.0554. The third-order valence-electron chi connectivity index (χ3n) is 2.79. The van der Waals surface area contributed by atoms with Gasteiger partial charge in [0.2, 0.25) is 10.0 Å². The second-order valence-corrected chi connectivity index (χ2v) is 8.00. The fourth-order valence-corrected chi connectivity index (χ4v) is 4.33. The van der Waals surface area contributed by atoms with Crippen LogP contribution in [-0.4, -0.2) is 36.7 Å². The normalized spacial score (nSPS) is 15.0. The van der Waals surface area contributed by atoms with E-state index in [1.165, 1.54) is 6.07 Å². The predicted octanol–water partition coefficient (Wildman–Crippen LogP) is 1.58. The van der Waals surface area contributed by atoms with Gasteiger partial charge in [0, 0.05) is 6.54 Å². The van der Waals surface area contributed by atoms with Crippen LogP contribution in [0.2, 0.25) is 0 Å². The number of carbonyl (C=O) groups is 1. The Morgan fingerprint density at radius 2 is 2.10 bits per heavy atom. The number of aliphatic hydroxyl groups is 1. The molecule has 1 rings (SSSR count). The van der Waals surface area contributed by atoms with E-state index in [-0.39, 0.29) is 15.6 Å². The molecule has 0 spiro atoms.